The van der Waals surface area contributed by atoms with Crippen LogP contribution in [0.2, 0.25) is 0 Å². The van der Waals surface area contributed by atoms with E-state index in [-0.39, 0.29) is 16.2 Å². The quantitative estimate of drug-likeness (QED) is 0.759. The lowest BCUT2D eigenvalue weighted by atomic mass is 10.2. The molecule has 3 aromatic rings. The van der Waals surface area contributed by atoms with Crippen LogP contribution in [-0.4, -0.2) is 29.7 Å². The van der Waals surface area contributed by atoms with Crippen molar-refractivity contribution in [1.29, 1.82) is 0 Å². The minimum Gasteiger partial charge on any atom is -0.345 e. The van der Waals surface area contributed by atoms with Crippen molar-refractivity contribution in [3.63, 3.8) is 0 Å². The highest BCUT2D eigenvalue weighted by Crippen LogP contribution is 2.44. The molecule has 0 saturated carbocycles. The molecule has 0 unspecified atom stereocenters. The fourth-order valence-electron chi connectivity index (χ4n) is 3.05. The van der Waals surface area contributed by atoms with Gasteiger partial charge in [-0.3, -0.25) is 4.31 Å². The molecule has 1 N–H and O–H groups in total. The second-order valence-electron chi connectivity index (χ2n) is 5.88. The van der Waals surface area contributed by atoms with Crippen LogP contribution in [0.5, 0.6) is 0 Å². The van der Waals surface area contributed by atoms with Crippen LogP contribution in [0.1, 0.15) is 13.8 Å². The van der Waals surface area contributed by atoms with E-state index >= 15 is 0 Å². The number of para-hydroxylation sites is 1. The molecule has 0 fully saturated rings. The van der Waals surface area contributed by atoms with Gasteiger partial charge in [-0.2, -0.15) is 0 Å². The summed E-state index contributed by atoms with van der Waals surface area (Å²) in [4.78, 5) is 8.42. The van der Waals surface area contributed by atoms with Crippen LogP contribution in [-0.2, 0) is 10.0 Å². The van der Waals surface area contributed by atoms with Crippen molar-refractivity contribution in [2.45, 2.75) is 34.9 Å². The van der Waals surface area contributed by atoms with Gasteiger partial charge in [-0.25, -0.2) is 13.4 Å². The molecule has 124 valence electrons. The molecule has 2 aromatic heterocycles. The molecule has 1 aliphatic rings. The Morgan fingerprint density at radius 3 is 2.79 bits per heavy atom. The summed E-state index contributed by atoms with van der Waals surface area (Å²) >= 11 is 1.71. The first kappa shape index (κ1) is 15.5. The van der Waals surface area contributed by atoms with Gasteiger partial charge in [0, 0.05) is 27.9 Å². The fourth-order valence-corrected chi connectivity index (χ4v) is 6.25. The molecular weight excluding hydrogens is 342 g/mol. The Kier molecular flexibility index (Phi) is 3.58. The van der Waals surface area contributed by atoms with Crippen LogP contribution in [0.25, 0.3) is 11.0 Å². The molecule has 1 aromatic carbocycles. The van der Waals surface area contributed by atoms with Crippen molar-refractivity contribution in [3.8, 4) is 0 Å². The lowest BCUT2D eigenvalue weighted by Crippen LogP contribution is -2.45. The molecule has 7 heteroatoms. The van der Waals surface area contributed by atoms with Gasteiger partial charge in [0.1, 0.15) is 10.5 Å². The standard InChI is InChI=1S/C17H17N3O2S2/c1-11-12(2)23-15-8-4-3-7-14(15)20(11)24(21,22)16-10-19-17-13(16)6-5-9-18-17/h3-12H,1-2H3,(H,18,19)/t11-,12+/m0/s1. The van der Waals surface area contributed by atoms with E-state index in [1.807, 2.05) is 31.2 Å². The molecule has 4 rings (SSSR count). The van der Waals surface area contributed by atoms with E-state index in [1.54, 1.807) is 34.4 Å². The zero-order chi connectivity index (χ0) is 16.9. The van der Waals surface area contributed by atoms with Crippen molar-refractivity contribution in [1.82, 2.24) is 9.97 Å². The van der Waals surface area contributed by atoms with Gasteiger partial charge in [-0.15, -0.1) is 11.8 Å². The summed E-state index contributed by atoms with van der Waals surface area (Å²) in [5, 5.41) is 0.783. The largest absolute Gasteiger partial charge is 0.345 e. The first-order chi connectivity index (χ1) is 11.5. The van der Waals surface area contributed by atoms with Gasteiger partial charge in [0.2, 0.25) is 0 Å². The molecule has 0 amide bonds. The number of aromatic nitrogens is 2. The molecule has 24 heavy (non-hydrogen) atoms. The van der Waals surface area contributed by atoms with Crippen molar-refractivity contribution in [2.75, 3.05) is 4.31 Å². The minimum absolute atomic E-state index is 0.142. The fraction of sp³-hybridized carbons (Fsp3) is 0.235. The van der Waals surface area contributed by atoms with Crippen LogP contribution in [0.3, 0.4) is 0 Å². The second kappa shape index (κ2) is 5.53. The number of rotatable bonds is 2. The topological polar surface area (TPSA) is 66.1 Å². The molecule has 0 aliphatic carbocycles. The summed E-state index contributed by atoms with van der Waals surface area (Å²) in [6.45, 7) is 4.02. The minimum atomic E-state index is -3.69. The monoisotopic (exact) mass is 359 g/mol. The van der Waals surface area contributed by atoms with Crippen molar-refractivity contribution >= 4 is 38.5 Å². The zero-order valence-electron chi connectivity index (χ0n) is 13.3. The third-order valence-electron chi connectivity index (χ3n) is 4.41. The molecular formula is C17H17N3O2S2. The van der Waals surface area contributed by atoms with E-state index in [9.17, 15) is 8.42 Å². The Balaban J connectivity index is 1.93. The smallest absolute Gasteiger partial charge is 0.266 e. The Morgan fingerprint density at radius 1 is 1.17 bits per heavy atom. The van der Waals surface area contributed by atoms with E-state index in [1.165, 1.54) is 6.20 Å². The number of hydrogen-bond acceptors (Lipinski definition) is 4. The van der Waals surface area contributed by atoms with Crippen molar-refractivity contribution in [2.24, 2.45) is 0 Å². The highest BCUT2D eigenvalue weighted by Gasteiger charge is 2.38. The second-order valence-corrected chi connectivity index (χ2v) is 9.09. The molecule has 0 radical (unpaired) electrons. The maximum absolute atomic E-state index is 13.4. The van der Waals surface area contributed by atoms with Crippen LogP contribution in [0.15, 0.2) is 58.6 Å². The number of nitrogens with one attached hydrogen (secondary N) is 1. The number of anilines is 1. The number of fused-ring (bicyclic) bond motifs is 2. The molecule has 3 heterocycles. The average Bonchev–Trinajstić information content (AvgIpc) is 3.00. The predicted molar refractivity (Wildman–Crippen MR) is 97.0 cm³/mol. The summed E-state index contributed by atoms with van der Waals surface area (Å²) in [5.74, 6) is 0. The Labute approximate surface area is 145 Å². The number of nitrogens with zero attached hydrogens (tertiary/aromatic N) is 2. The lowest BCUT2D eigenvalue weighted by molar-refractivity contribution is 0.577. The Bertz CT molecular complexity index is 1010. The van der Waals surface area contributed by atoms with Gasteiger partial charge in [0.15, 0.2) is 0 Å². The molecule has 2 atom stereocenters. The SMILES string of the molecule is C[C@H]1Sc2ccccc2N(S(=O)(=O)c2c[nH]c3ncccc23)[C@H]1C. The molecule has 5 nitrogen and oxygen atoms in total. The van der Waals surface area contributed by atoms with Crippen LogP contribution in [0.4, 0.5) is 5.69 Å². The van der Waals surface area contributed by atoms with E-state index < -0.39 is 10.0 Å². The summed E-state index contributed by atoms with van der Waals surface area (Å²) < 4.78 is 28.5. The van der Waals surface area contributed by atoms with Crippen LogP contribution >= 0.6 is 11.8 Å². The number of H-pyrrole nitrogens is 1. The number of hydrogen-bond donors (Lipinski definition) is 1. The third-order valence-corrected chi connectivity index (χ3v) is 7.72. The number of sulfonamides is 1. The van der Waals surface area contributed by atoms with Gasteiger partial charge in [-0.1, -0.05) is 19.1 Å². The summed E-state index contributed by atoms with van der Waals surface area (Å²) in [7, 11) is -3.69. The third kappa shape index (κ3) is 2.22. The number of thioether (sulfide) groups is 1. The van der Waals surface area contributed by atoms with E-state index in [2.05, 4.69) is 16.9 Å². The lowest BCUT2D eigenvalue weighted by Gasteiger charge is -2.39. The number of benzene rings is 1. The molecule has 0 bridgehead atoms. The van der Waals surface area contributed by atoms with Gasteiger partial charge >= 0.3 is 0 Å². The van der Waals surface area contributed by atoms with Crippen LogP contribution < -0.4 is 4.31 Å². The van der Waals surface area contributed by atoms with Crippen molar-refractivity contribution in [3.05, 3.63) is 48.8 Å². The van der Waals surface area contributed by atoms with Crippen LogP contribution in [0, 0.1) is 0 Å². The predicted octanol–water partition coefficient (Wildman–Crippen LogP) is 3.64. The normalized spacial score (nSPS) is 21.0. The highest BCUT2D eigenvalue weighted by atomic mass is 32.2. The van der Waals surface area contributed by atoms with E-state index in [0.717, 1.165) is 10.6 Å². The number of pyridine rings is 1. The van der Waals surface area contributed by atoms with Gasteiger partial charge in [0.05, 0.1) is 11.7 Å². The summed E-state index contributed by atoms with van der Waals surface area (Å²) in [6.07, 6.45) is 3.18. The summed E-state index contributed by atoms with van der Waals surface area (Å²) in [5.41, 5.74) is 1.32. The molecule has 0 spiro atoms. The van der Waals surface area contributed by atoms with E-state index in [4.69, 9.17) is 0 Å². The first-order valence-corrected chi connectivity index (χ1v) is 10.0. The Morgan fingerprint density at radius 2 is 1.96 bits per heavy atom. The molecule has 0 saturated heterocycles. The average molecular weight is 359 g/mol. The van der Waals surface area contributed by atoms with Gasteiger partial charge in [-0.05, 0) is 31.2 Å². The zero-order valence-corrected chi connectivity index (χ0v) is 14.9. The Hall–Kier alpha value is -1.99. The number of aromatic amines is 1. The van der Waals surface area contributed by atoms with E-state index in [0.29, 0.717) is 11.0 Å². The molecule has 1 aliphatic heterocycles. The van der Waals surface area contributed by atoms with Crippen molar-refractivity contribution < 1.29 is 8.42 Å². The van der Waals surface area contributed by atoms with Gasteiger partial charge in [0.25, 0.3) is 10.0 Å². The summed E-state index contributed by atoms with van der Waals surface area (Å²) in [6, 6.07) is 11.1. The van der Waals surface area contributed by atoms with Gasteiger partial charge < -0.3 is 4.98 Å². The maximum Gasteiger partial charge on any atom is 0.266 e. The first-order valence-electron chi connectivity index (χ1n) is 7.72. The maximum atomic E-state index is 13.4. The highest BCUT2D eigenvalue weighted by molar-refractivity contribution is 8.00.